The minimum atomic E-state index is -0.344. The van der Waals surface area contributed by atoms with Crippen LogP contribution in [0.2, 0.25) is 0 Å². The number of carbonyl (C=O) groups is 3. The van der Waals surface area contributed by atoms with Crippen molar-refractivity contribution < 1.29 is 14.4 Å². The van der Waals surface area contributed by atoms with Gasteiger partial charge in [-0.25, -0.2) is 0 Å². The monoisotopic (exact) mass is 346 g/mol. The topological polar surface area (TPSA) is 66.5 Å². The second-order valence-corrected chi connectivity index (χ2v) is 7.36. The van der Waals surface area contributed by atoms with Crippen molar-refractivity contribution in [3.05, 3.63) is 60.2 Å². The number of rotatable bonds is 3. The van der Waals surface area contributed by atoms with E-state index in [1.54, 1.807) is 0 Å². The number of nitrogens with zero attached hydrogens (tertiary/aromatic N) is 1. The van der Waals surface area contributed by atoms with Crippen LogP contribution < -0.4 is 5.43 Å². The first-order valence-corrected chi connectivity index (χ1v) is 8.96. The number of hydrazine groups is 1. The number of amides is 3. The van der Waals surface area contributed by atoms with Crippen LogP contribution in [0.5, 0.6) is 0 Å². The lowest BCUT2D eigenvalue weighted by Crippen LogP contribution is -2.47. The second kappa shape index (κ2) is 5.53. The van der Waals surface area contributed by atoms with Gasteiger partial charge in [-0.2, -0.15) is 5.01 Å². The van der Waals surface area contributed by atoms with Crippen LogP contribution in [0.1, 0.15) is 12.0 Å². The van der Waals surface area contributed by atoms with Gasteiger partial charge >= 0.3 is 0 Å². The van der Waals surface area contributed by atoms with E-state index in [9.17, 15) is 14.4 Å². The van der Waals surface area contributed by atoms with Crippen LogP contribution in [0, 0.1) is 23.7 Å². The minimum absolute atomic E-state index is 0.124. The molecule has 5 rings (SSSR count). The van der Waals surface area contributed by atoms with Crippen LogP contribution in [0.15, 0.2) is 54.6 Å². The van der Waals surface area contributed by atoms with Crippen molar-refractivity contribution in [1.29, 1.82) is 0 Å². The van der Waals surface area contributed by atoms with Gasteiger partial charge in [-0.3, -0.25) is 19.8 Å². The van der Waals surface area contributed by atoms with Gasteiger partial charge in [0.05, 0.1) is 18.3 Å². The molecule has 4 atom stereocenters. The highest BCUT2D eigenvalue weighted by Gasteiger charge is 2.59. The lowest BCUT2D eigenvalue weighted by molar-refractivity contribution is -0.149. The first-order chi connectivity index (χ1) is 12.6. The fourth-order valence-electron chi connectivity index (χ4n) is 4.80. The molecule has 1 saturated carbocycles. The summed E-state index contributed by atoms with van der Waals surface area (Å²) in [5, 5.41) is 3.03. The Morgan fingerprint density at radius 1 is 0.962 bits per heavy atom. The summed E-state index contributed by atoms with van der Waals surface area (Å²) >= 11 is 0. The minimum Gasteiger partial charge on any atom is -0.273 e. The molecule has 2 aliphatic carbocycles. The van der Waals surface area contributed by atoms with Crippen LogP contribution in [-0.4, -0.2) is 22.7 Å². The van der Waals surface area contributed by atoms with Crippen molar-refractivity contribution in [3.8, 4) is 0 Å². The maximum Gasteiger partial charge on any atom is 0.252 e. The Bertz CT molecular complexity index is 945. The largest absolute Gasteiger partial charge is 0.273 e. The Morgan fingerprint density at radius 2 is 1.62 bits per heavy atom. The molecule has 26 heavy (non-hydrogen) atoms. The van der Waals surface area contributed by atoms with Crippen LogP contribution in [0.3, 0.4) is 0 Å². The molecular weight excluding hydrogens is 328 g/mol. The third-order valence-electron chi connectivity index (χ3n) is 5.94. The summed E-state index contributed by atoms with van der Waals surface area (Å²) in [7, 11) is 0. The van der Waals surface area contributed by atoms with Crippen LogP contribution in [0.4, 0.5) is 0 Å². The molecule has 5 heteroatoms. The van der Waals surface area contributed by atoms with Crippen molar-refractivity contribution >= 4 is 28.5 Å². The fraction of sp³-hybridized carbons (Fsp3) is 0.286. The van der Waals surface area contributed by atoms with Crippen LogP contribution in [-0.2, 0) is 20.8 Å². The molecule has 2 aromatic carbocycles. The highest BCUT2D eigenvalue weighted by atomic mass is 16.2. The van der Waals surface area contributed by atoms with E-state index >= 15 is 0 Å². The Kier molecular flexibility index (Phi) is 3.26. The number of hydrogen-bond donors (Lipinski definition) is 1. The molecule has 2 bridgehead atoms. The van der Waals surface area contributed by atoms with Gasteiger partial charge in [0.15, 0.2) is 0 Å². The number of benzene rings is 2. The number of allylic oxidation sites excluding steroid dienone is 2. The quantitative estimate of drug-likeness (QED) is 0.684. The molecule has 3 aliphatic rings. The summed E-state index contributed by atoms with van der Waals surface area (Å²) in [6, 6.07) is 13.6. The third kappa shape index (κ3) is 2.13. The smallest absolute Gasteiger partial charge is 0.252 e. The predicted molar refractivity (Wildman–Crippen MR) is 95.4 cm³/mol. The van der Waals surface area contributed by atoms with E-state index in [0.29, 0.717) is 0 Å². The molecular formula is C21H18N2O3. The molecule has 2 aromatic rings. The molecule has 0 radical (unpaired) electrons. The first kappa shape index (κ1) is 15.3. The maximum atomic E-state index is 12.6. The van der Waals surface area contributed by atoms with Crippen LogP contribution in [0.25, 0.3) is 10.8 Å². The van der Waals surface area contributed by atoms with Gasteiger partial charge in [-0.15, -0.1) is 0 Å². The highest BCUT2D eigenvalue weighted by Crippen LogP contribution is 2.52. The molecule has 5 nitrogen and oxygen atoms in total. The van der Waals surface area contributed by atoms with Crippen molar-refractivity contribution in [2.75, 3.05) is 0 Å². The Balaban J connectivity index is 1.35. The molecule has 1 aliphatic heterocycles. The average molecular weight is 346 g/mol. The summed E-state index contributed by atoms with van der Waals surface area (Å²) in [5.41, 5.74) is 3.43. The predicted octanol–water partition coefficient (Wildman–Crippen LogP) is 2.22. The van der Waals surface area contributed by atoms with E-state index in [0.717, 1.165) is 27.8 Å². The van der Waals surface area contributed by atoms with Crippen molar-refractivity contribution in [3.63, 3.8) is 0 Å². The summed E-state index contributed by atoms with van der Waals surface area (Å²) < 4.78 is 0. The fourth-order valence-corrected chi connectivity index (χ4v) is 4.80. The van der Waals surface area contributed by atoms with E-state index in [2.05, 4.69) is 5.43 Å². The molecule has 1 saturated heterocycles. The highest BCUT2D eigenvalue weighted by molar-refractivity contribution is 6.07. The number of imide groups is 1. The first-order valence-electron chi connectivity index (χ1n) is 8.96. The van der Waals surface area contributed by atoms with E-state index in [1.165, 1.54) is 0 Å². The summed E-state index contributed by atoms with van der Waals surface area (Å²) in [5.74, 6) is -1.18. The Morgan fingerprint density at radius 3 is 2.35 bits per heavy atom. The van der Waals surface area contributed by atoms with Gasteiger partial charge in [0.2, 0.25) is 5.91 Å². The standard InChI is InChI=1S/C21H18N2O3/c24-17(11-13-6-3-5-12-4-1-2-7-16(12)13)22-23-20(25)18-14-8-9-15(10-14)19(18)21(23)26/h1-9,14-15,18-19H,10-11H2,(H,22,24)/t14-,15-,18-,19+/m0/s1. The second-order valence-electron chi connectivity index (χ2n) is 7.36. The zero-order valence-corrected chi connectivity index (χ0v) is 14.1. The number of hydrogen-bond acceptors (Lipinski definition) is 3. The maximum absolute atomic E-state index is 12.6. The lowest BCUT2D eigenvalue weighted by atomic mass is 9.85. The molecule has 0 unspecified atom stereocenters. The van der Waals surface area contributed by atoms with Crippen molar-refractivity contribution in [2.45, 2.75) is 12.8 Å². The number of fused-ring (bicyclic) bond motifs is 6. The molecule has 0 spiro atoms. The SMILES string of the molecule is O=C(Cc1cccc2ccccc12)NN1C(=O)[C@@H]2[C@H](C1=O)[C@H]1C=C[C@H]2C1. The van der Waals surface area contributed by atoms with Gasteiger partial charge in [0.1, 0.15) is 0 Å². The van der Waals surface area contributed by atoms with Gasteiger partial charge in [0, 0.05) is 0 Å². The Hall–Kier alpha value is -2.95. The zero-order valence-electron chi connectivity index (χ0n) is 14.1. The lowest BCUT2D eigenvalue weighted by Gasteiger charge is -2.18. The van der Waals surface area contributed by atoms with Gasteiger partial charge in [-0.05, 0) is 34.6 Å². The summed E-state index contributed by atoms with van der Waals surface area (Å²) in [4.78, 5) is 37.8. The number of carbonyl (C=O) groups excluding carboxylic acids is 3. The van der Waals surface area contributed by atoms with E-state index in [1.807, 2.05) is 54.6 Å². The average Bonchev–Trinajstić information content (AvgIpc) is 3.32. The van der Waals surface area contributed by atoms with E-state index in [4.69, 9.17) is 0 Å². The Labute approximate surface area is 150 Å². The molecule has 1 N–H and O–H groups in total. The molecule has 0 aromatic heterocycles. The summed E-state index contributed by atoms with van der Waals surface area (Å²) in [6.45, 7) is 0. The molecule has 3 amide bonds. The summed E-state index contributed by atoms with van der Waals surface area (Å²) in [6.07, 6.45) is 5.08. The van der Waals surface area contributed by atoms with Gasteiger partial charge in [-0.1, -0.05) is 54.6 Å². The molecule has 130 valence electrons. The van der Waals surface area contributed by atoms with Gasteiger partial charge in [0.25, 0.3) is 11.8 Å². The normalized spacial score (nSPS) is 28.8. The van der Waals surface area contributed by atoms with Crippen molar-refractivity contribution in [2.24, 2.45) is 23.7 Å². The zero-order chi connectivity index (χ0) is 17.8. The molecule has 1 heterocycles. The number of nitrogens with one attached hydrogen (secondary N) is 1. The van der Waals surface area contributed by atoms with E-state index in [-0.39, 0.29) is 47.8 Å². The van der Waals surface area contributed by atoms with Crippen LogP contribution >= 0.6 is 0 Å². The van der Waals surface area contributed by atoms with E-state index < -0.39 is 0 Å². The van der Waals surface area contributed by atoms with Crippen molar-refractivity contribution in [1.82, 2.24) is 10.4 Å². The third-order valence-corrected chi connectivity index (χ3v) is 5.94. The van der Waals surface area contributed by atoms with Gasteiger partial charge < -0.3 is 0 Å². The molecule has 2 fully saturated rings.